The van der Waals surface area contributed by atoms with E-state index in [1.807, 2.05) is 37.3 Å². The van der Waals surface area contributed by atoms with Gasteiger partial charge in [-0.3, -0.25) is 14.5 Å². The van der Waals surface area contributed by atoms with Gasteiger partial charge in [-0.05, 0) is 36.5 Å². The van der Waals surface area contributed by atoms with E-state index in [1.165, 1.54) is 4.90 Å². The minimum atomic E-state index is -0.187. The van der Waals surface area contributed by atoms with Crippen LogP contribution in [0.5, 0.6) is 11.5 Å². The van der Waals surface area contributed by atoms with Gasteiger partial charge in [0.1, 0.15) is 0 Å². The number of imide groups is 1. The molecule has 0 bridgehead atoms. The number of hydrogen-bond acceptors (Lipinski definition) is 4. The van der Waals surface area contributed by atoms with Crippen LogP contribution in [0.1, 0.15) is 18.9 Å². The maximum atomic E-state index is 12.6. The van der Waals surface area contributed by atoms with E-state index in [2.05, 4.69) is 0 Å². The van der Waals surface area contributed by atoms with Crippen molar-refractivity contribution >= 4 is 11.8 Å². The Bertz CT molecular complexity index is 682. The van der Waals surface area contributed by atoms with Gasteiger partial charge in [-0.2, -0.15) is 0 Å². The number of methoxy groups -OCH3 is 2. The summed E-state index contributed by atoms with van der Waals surface area (Å²) in [5.74, 6) is 1.03. The lowest BCUT2D eigenvalue weighted by molar-refractivity contribution is -0.140. The lowest BCUT2D eigenvalue weighted by Crippen LogP contribution is -2.33. The van der Waals surface area contributed by atoms with Crippen molar-refractivity contribution in [2.24, 2.45) is 17.8 Å². The summed E-state index contributed by atoms with van der Waals surface area (Å²) < 4.78 is 10.5. The second-order valence-corrected chi connectivity index (χ2v) is 6.42. The summed E-state index contributed by atoms with van der Waals surface area (Å²) in [7, 11) is 3.18. The third-order valence-corrected chi connectivity index (χ3v) is 5.04. The van der Waals surface area contributed by atoms with Crippen molar-refractivity contribution in [3.63, 3.8) is 0 Å². The Labute approximate surface area is 142 Å². The molecule has 1 aliphatic carbocycles. The van der Waals surface area contributed by atoms with Gasteiger partial charge < -0.3 is 9.47 Å². The smallest absolute Gasteiger partial charge is 0.233 e. The van der Waals surface area contributed by atoms with Crippen LogP contribution < -0.4 is 9.47 Å². The van der Waals surface area contributed by atoms with Gasteiger partial charge in [0, 0.05) is 6.54 Å². The Morgan fingerprint density at radius 2 is 1.88 bits per heavy atom. The normalized spacial score (nSPS) is 25.8. The first-order valence-electron chi connectivity index (χ1n) is 8.29. The molecule has 1 saturated heterocycles. The Morgan fingerprint density at radius 3 is 2.54 bits per heavy atom. The molecular weight excluding hydrogens is 306 g/mol. The van der Waals surface area contributed by atoms with Crippen LogP contribution in [-0.4, -0.2) is 37.5 Å². The molecule has 1 aromatic rings. The molecule has 2 aliphatic rings. The second kappa shape index (κ2) is 6.67. The molecular formula is C19H23NO4. The zero-order chi connectivity index (χ0) is 17.3. The van der Waals surface area contributed by atoms with E-state index in [1.54, 1.807) is 14.2 Å². The van der Waals surface area contributed by atoms with Crippen molar-refractivity contribution in [1.29, 1.82) is 0 Å². The monoisotopic (exact) mass is 329 g/mol. The van der Waals surface area contributed by atoms with Crippen LogP contribution in [0.25, 0.3) is 0 Å². The topological polar surface area (TPSA) is 55.8 Å². The fourth-order valence-electron chi connectivity index (χ4n) is 3.71. The van der Waals surface area contributed by atoms with Gasteiger partial charge in [0.25, 0.3) is 0 Å². The molecule has 0 N–H and O–H groups in total. The lowest BCUT2D eigenvalue weighted by atomic mass is 9.78. The average Bonchev–Trinajstić information content (AvgIpc) is 2.84. The SMILES string of the molecule is COc1ccc(CCN2C(=O)C3CC=CC(C)C3C2=O)cc1OC. The number of carbonyl (C=O) groups excluding carboxylic acids is 2. The summed E-state index contributed by atoms with van der Waals surface area (Å²) in [6.45, 7) is 2.42. The molecule has 3 atom stereocenters. The van der Waals surface area contributed by atoms with Gasteiger partial charge in [0.05, 0.1) is 26.1 Å². The lowest BCUT2D eigenvalue weighted by Gasteiger charge is -2.22. The van der Waals surface area contributed by atoms with Crippen LogP contribution in [0.2, 0.25) is 0 Å². The van der Waals surface area contributed by atoms with E-state index in [0.717, 1.165) is 5.56 Å². The van der Waals surface area contributed by atoms with E-state index in [4.69, 9.17) is 9.47 Å². The van der Waals surface area contributed by atoms with E-state index in [-0.39, 0.29) is 29.6 Å². The number of fused-ring (bicyclic) bond motifs is 1. The first-order valence-corrected chi connectivity index (χ1v) is 8.29. The summed E-state index contributed by atoms with van der Waals surface area (Å²) in [5.41, 5.74) is 1.01. The van der Waals surface area contributed by atoms with E-state index < -0.39 is 0 Å². The highest BCUT2D eigenvalue weighted by Crippen LogP contribution is 2.38. The molecule has 24 heavy (non-hydrogen) atoms. The molecule has 128 valence electrons. The van der Waals surface area contributed by atoms with Gasteiger partial charge in [-0.15, -0.1) is 0 Å². The molecule has 0 saturated carbocycles. The maximum Gasteiger partial charge on any atom is 0.233 e. The van der Waals surface area contributed by atoms with E-state index >= 15 is 0 Å². The zero-order valence-corrected chi connectivity index (χ0v) is 14.3. The number of rotatable bonds is 5. The first kappa shape index (κ1) is 16.6. The number of nitrogens with zero attached hydrogens (tertiary/aromatic N) is 1. The molecule has 0 spiro atoms. The quantitative estimate of drug-likeness (QED) is 0.615. The number of ether oxygens (including phenoxy) is 2. The number of allylic oxidation sites excluding steroid dienone is 2. The van der Waals surface area contributed by atoms with Crippen LogP contribution in [0.3, 0.4) is 0 Å². The second-order valence-electron chi connectivity index (χ2n) is 6.42. The number of amides is 2. The van der Waals surface area contributed by atoms with Crippen LogP contribution in [0.15, 0.2) is 30.4 Å². The molecule has 0 radical (unpaired) electrons. The van der Waals surface area contributed by atoms with Crippen molar-refractivity contribution in [2.45, 2.75) is 19.8 Å². The average molecular weight is 329 g/mol. The molecule has 1 aromatic carbocycles. The highest BCUT2D eigenvalue weighted by Gasteiger charge is 2.49. The van der Waals surface area contributed by atoms with Crippen molar-refractivity contribution in [1.82, 2.24) is 4.90 Å². The summed E-state index contributed by atoms with van der Waals surface area (Å²) in [6, 6.07) is 5.66. The van der Waals surface area contributed by atoms with Gasteiger partial charge in [-0.25, -0.2) is 0 Å². The third-order valence-electron chi connectivity index (χ3n) is 5.04. The molecule has 1 heterocycles. The van der Waals surface area contributed by atoms with Gasteiger partial charge >= 0.3 is 0 Å². The Morgan fingerprint density at radius 1 is 1.12 bits per heavy atom. The van der Waals surface area contributed by atoms with Gasteiger partial charge in [0.2, 0.25) is 11.8 Å². The minimum absolute atomic E-state index is 0.0256. The maximum absolute atomic E-state index is 12.6. The standard InChI is InChI=1S/C19H23NO4/c1-12-5-4-6-14-17(12)19(22)20(18(14)21)10-9-13-7-8-15(23-2)16(11-13)24-3/h4-5,7-8,11-12,14,17H,6,9-10H2,1-3H3. The van der Waals surface area contributed by atoms with Crippen molar-refractivity contribution in [3.05, 3.63) is 35.9 Å². The molecule has 2 amide bonds. The summed E-state index contributed by atoms with van der Waals surface area (Å²) in [6.07, 6.45) is 5.35. The number of likely N-dealkylation sites (tertiary alicyclic amines) is 1. The minimum Gasteiger partial charge on any atom is -0.493 e. The Hall–Kier alpha value is -2.30. The van der Waals surface area contributed by atoms with Crippen LogP contribution >= 0.6 is 0 Å². The fourth-order valence-corrected chi connectivity index (χ4v) is 3.71. The molecule has 1 aliphatic heterocycles. The van der Waals surface area contributed by atoms with Crippen LogP contribution in [0.4, 0.5) is 0 Å². The molecule has 5 nitrogen and oxygen atoms in total. The largest absolute Gasteiger partial charge is 0.493 e. The van der Waals surface area contributed by atoms with E-state index in [0.29, 0.717) is 30.9 Å². The number of hydrogen-bond donors (Lipinski definition) is 0. The predicted molar refractivity (Wildman–Crippen MR) is 89.9 cm³/mol. The molecule has 1 fully saturated rings. The third kappa shape index (κ3) is 2.79. The van der Waals surface area contributed by atoms with Gasteiger partial charge in [0.15, 0.2) is 11.5 Å². The predicted octanol–water partition coefficient (Wildman–Crippen LogP) is 2.44. The Kier molecular flexibility index (Phi) is 4.60. The summed E-state index contributed by atoms with van der Waals surface area (Å²) in [4.78, 5) is 26.6. The number of carbonyl (C=O) groups is 2. The first-order chi connectivity index (χ1) is 11.6. The van der Waals surface area contributed by atoms with Crippen LogP contribution in [-0.2, 0) is 16.0 Å². The Balaban J connectivity index is 1.71. The zero-order valence-electron chi connectivity index (χ0n) is 14.3. The van der Waals surface area contributed by atoms with Crippen molar-refractivity contribution < 1.29 is 19.1 Å². The highest BCUT2D eigenvalue weighted by molar-refractivity contribution is 6.05. The molecule has 0 aromatic heterocycles. The molecule has 3 unspecified atom stereocenters. The number of benzene rings is 1. The van der Waals surface area contributed by atoms with Crippen molar-refractivity contribution in [3.8, 4) is 11.5 Å². The molecule has 3 rings (SSSR count). The summed E-state index contributed by atoms with van der Waals surface area (Å²) >= 11 is 0. The van der Waals surface area contributed by atoms with Gasteiger partial charge in [-0.1, -0.05) is 25.1 Å². The van der Waals surface area contributed by atoms with Crippen LogP contribution in [0, 0.1) is 17.8 Å². The van der Waals surface area contributed by atoms with E-state index in [9.17, 15) is 9.59 Å². The summed E-state index contributed by atoms with van der Waals surface area (Å²) in [5, 5.41) is 0. The fraction of sp³-hybridized carbons (Fsp3) is 0.474. The molecule has 5 heteroatoms. The highest BCUT2D eigenvalue weighted by atomic mass is 16.5. The van der Waals surface area contributed by atoms with Crippen molar-refractivity contribution in [2.75, 3.05) is 20.8 Å².